The molecule has 150 valence electrons. The summed E-state index contributed by atoms with van der Waals surface area (Å²) < 4.78 is 42.7. The van der Waals surface area contributed by atoms with E-state index in [1.807, 2.05) is 0 Å². The fourth-order valence-electron chi connectivity index (χ4n) is 2.50. The Bertz CT molecular complexity index is 938. The monoisotopic (exact) mass is 405 g/mol. The highest BCUT2D eigenvalue weighted by molar-refractivity contribution is 7.92. The Labute approximate surface area is 165 Å². The molecule has 0 fully saturated rings. The van der Waals surface area contributed by atoms with Gasteiger partial charge in [0.15, 0.2) is 0 Å². The number of sulfonamides is 1. The minimum absolute atomic E-state index is 0.0432. The predicted octanol–water partition coefficient (Wildman–Crippen LogP) is 2.94. The van der Waals surface area contributed by atoms with Crippen LogP contribution in [0.5, 0.6) is 11.5 Å². The van der Waals surface area contributed by atoms with Gasteiger partial charge in [-0.25, -0.2) is 8.42 Å². The number of benzene rings is 2. The third kappa shape index (κ3) is 4.83. The van der Waals surface area contributed by atoms with Gasteiger partial charge in [0, 0.05) is 0 Å². The van der Waals surface area contributed by atoms with Crippen LogP contribution in [0.3, 0.4) is 0 Å². The van der Waals surface area contributed by atoms with Crippen LogP contribution in [0.25, 0.3) is 0 Å². The summed E-state index contributed by atoms with van der Waals surface area (Å²) in [6, 6.07) is 10.9. The van der Waals surface area contributed by atoms with Gasteiger partial charge in [-0.05, 0) is 55.0 Å². The quantitative estimate of drug-likeness (QED) is 0.471. The minimum atomic E-state index is -4.02. The third-order valence-electron chi connectivity index (χ3n) is 3.95. The molecule has 2 aromatic rings. The zero-order chi connectivity index (χ0) is 20.7. The van der Waals surface area contributed by atoms with Crippen LogP contribution in [0.1, 0.15) is 5.56 Å². The number of hydrogen-bond donors (Lipinski definition) is 0. The summed E-state index contributed by atoms with van der Waals surface area (Å²) >= 11 is 0. The molecule has 0 heterocycles. The van der Waals surface area contributed by atoms with Gasteiger partial charge in [-0.2, -0.15) is 0 Å². The summed E-state index contributed by atoms with van der Waals surface area (Å²) in [5.74, 6) is 0.447. The second-order valence-electron chi connectivity index (χ2n) is 5.81. The van der Waals surface area contributed by atoms with Crippen molar-refractivity contribution in [1.82, 2.24) is 0 Å². The summed E-state index contributed by atoms with van der Waals surface area (Å²) in [5, 5.41) is 0. The molecule has 0 amide bonds. The second kappa shape index (κ2) is 9.27. The van der Waals surface area contributed by atoms with E-state index in [4.69, 9.17) is 9.47 Å². The van der Waals surface area contributed by atoms with Crippen molar-refractivity contribution in [1.29, 1.82) is 0 Å². The van der Waals surface area contributed by atoms with Crippen molar-refractivity contribution in [2.75, 3.05) is 31.7 Å². The summed E-state index contributed by atoms with van der Waals surface area (Å²) in [6.45, 7) is 5.19. The second-order valence-corrected chi connectivity index (χ2v) is 7.68. The van der Waals surface area contributed by atoms with Crippen LogP contribution in [0, 0.1) is 6.92 Å². The molecule has 0 atom stereocenters. The van der Waals surface area contributed by atoms with Gasteiger partial charge in [-0.15, -0.1) is 0 Å². The van der Waals surface area contributed by atoms with E-state index in [-0.39, 0.29) is 4.90 Å². The molecule has 0 saturated heterocycles. The van der Waals surface area contributed by atoms with Crippen molar-refractivity contribution in [3.05, 3.63) is 60.7 Å². The summed E-state index contributed by atoms with van der Waals surface area (Å²) in [7, 11) is -1.30. The molecule has 28 heavy (non-hydrogen) atoms. The number of hydrogen-bond acceptors (Lipinski definition) is 6. The molecule has 0 aromatic heterocycles. The van der Waals surface area contributed by atoms with Crippen LogP contribution >= 0.6 is 0 Å². The average Bonchev–Trinajstić information content (AvgIpc) is 2.70. The van der Waals surface area contributed by atoms with Crippen molar-refractivity contribution in [2.45, 2.75) is 11.8 Å². The van der Waals surface area contributed by atoms with E-state index in [0.717, 1.165) is 4.31 Å². The number of methoxy groups -OCH3 is 2. The first-order valence-electron chi connectivity index (χ1n) is 8.41. The van der Waals surface area contributed by atoms with Gasteiger partial charge in [-0.3, -0.25) is 9.10 Å². The van der Waals surface area contributed by atoms with Gasteiger partial charge in [0.2, 0.25) is 0 Å². The Kier molecular flexibility index (Phi) is 7.06. The zero-order valence-electron chi connectivity index (χ0n) is 16.0. The first-order chi connectivity index (χ1) is 13.3. The van der Waals surface area contributed by atoms with E-state index in [2.05, 4.69) is 11.3 Å². The topological polar surface area (TPSA) is 82.1 Å². The minimum Gasteiger partial charge on any atom is -0.496 e. The number of ether oxygens (including phenoxy) is 3. The molecule has 0 aliphatic heterocycles. The van der Waals surface area contributed by atoms with Gasteiger partial charge in [0.05, 0.1) is 24.8 Å². The van der Waals surface area contributed by atoms with Gasteiger partial charge in [0.1, 0.15) is 24.7 Å². The highest BCUT2D eigenvalue weighted by Gasteiger charge is 2.28. The Morgan fingerprint density at radius 3 is 2.36 bits per heavy atom. The molecule has 0 bridgehead atoms. The maximum Gasteiger partial charge on any atom is 0.326 e. The summed E-state index contributed by atoms with van der Waals surface area (Å²) in [6.07, 6.45) is 1.61. The predicted molar refractivity (Wildman–Crippen MR) is 106 cm³/mol. The number of anilines is 1. The fourth-order valence-corrected chi connectivity index (χ4v) is 3.99. The first kappa shape index (κ1) is 21.3. The largest absolute Gasteiger partial charge is 0.496 e. The van der Waals surface area contributed by atoms with Crippen LogP contribution in [0.4, 0.5) is 5.69 Å². The van der Waals surface area contributed by atoms with Crippen LogP contribution in [-0.2, 0) is 19.6 Å². The summed E-state index contributed by atoms with van der Waals surface area (Å²) in [4.78, 5) is 11.9. The molecule has 0 aliphatic rings. The number of carbonyl (C=O) groups is 1. The highest BCUT2D eigenvalue weighted by atomic mass is 32.2. The molecule has 7 nitrogen and oxygen atoms in total. The molecular formula is C20H23NO6S. The van der Waals surface area contributed by atoms with Crippen LogP contribution in [0.2, 0.25) is 0 Å². The SMILES string of the molecule is C=CCOc1ccc(N(CC(=O)OC)S(=O)(=O)c2ccc(OC)c(C)c2)cc1. The van der Waals surface area contributed by atoms with E-state index in [9.17, 15) is 13.2 Å². The third-order valence-corrected chi connectivity index (χ3v) is 5.72. The Hall–Kier alpha value is -3.00. The number of rotatable bonds is 9. The average molecular weight is 405 g/mol. The molecule has 0 unspecified atom stereocenters. The van der Waals surface area contributed by atoms with Gasteiger partial charge < -0.3 is 14.2 Å². The van der Waals surface area contributed by atoms with Crippen LogP contribution in [-0.4, -0.2) is 41.8 Å². The summed E-state index contributed by atoms with van der Waals surface area (Å²) in [5.41, 5.74) is 0.972. The Morgan fingerprint density at radius 2 is 1.82 bits per heavy atom. The fraction of sp³-hybridized carbons (Fsp3) is 0.250. The first-order valence-corrected chi connectivity index (χ1v) is 9.85. The number of carbonyl (C=O) groups excluding carboxylic acids is 1. The van der Waals surface area contributed by atoms with Crippen molar-refractivity contribution in [3.8, 4) is 11.5 Å². The lowest BCUT2D eigenvalue weighted by Crippen LogP contribution is -2.36. The van der Waals surface area contributed by atoms with Crippen molar-refractivity contribution in [2.24, 2.45) is 0 Å². The number of esters is 1. The lowest BCUT2D eigenvalue weighted by atomic mass is 10.2. The van der Waals surface area contributed by atoms with Gasteiger partial charge >= 0.3 is 5.97 Å². The normalized spacial score (nSPS) is 10.8. The van der Waals surface area contributed by atoms with Crippen molar-refractivity contribution < 1.29 is 27.4 Å². The molecule has 0 radical (unpaired) electrons. The molecule has 0 spiro atoms. The van der Waals surface area contributed by atoms with Crippen molar-refractivity contribution in [3.63, 3.8) is 0 Å². The van der Waals surface area contributed by atoms with Crippen LogP contribution in [0.15, 0.2) is 60.0 Å². The molecule has 0 N–H and O–H groups in total. The Balaban J connectivity index is 2.45. The molecule has 8 heteroatoms. The van der Waals surface area contributed by atoms with Crippen LogP contribution < -0.4 is 13.8 Å². The van der Waals surface area contributed by atoms with Gasteiger partial charge in [0.25, 0.3) is 10.0 Å². The smallest absolute Gasteiger partial charge is 0.326 e. The van der Waals surface area contributed by atoms with E-state index in [0.29, 0.717) is 29.4 Å². The Morgan fingerprint density at radius 1 is 1.14 bits per heavy atom. The van der Waals surface area contributed by atoms with Crippen molar-refractivity contribution >= 4 is 21.7 Å². The maximum absolute atomic E-state index is 13.2. The standard InChI is InChI=1S/C20H23NO6S/c1-5-12-27-17-8-6-16(7-9-17)21(14-20(22)26-4)28(23,24)18-10-11-19(25-3)15(2)13-18/h5-11,13H,1,12,14H2,2-4H3. The van der Waals surface area contributed by atoms with E-state index < -0.39 is 22.5 Å². The zero-order valence-corrected chi connectivity index (χ0v) is 16.9. The molecule has 0 aliphatic carbocycles. The van der Waals surface area contributed by atoms with E-state index >= 15 is 0 Å². The number of aryl methyl sites for hydroxylation is 1. The number of nitrogens with zero attached hydrogens (tertiary/aromatic N) is 1. The molecule has 2 rings (SSSR count). The van der Waals surface area contributed by atoms with E-state index in [1.165, 1.54) is 26.4 Å². The van der Waals surface area contributed by atoms with E-state index in [1.54, 1.807) is 43.3 Å². The maximum atomic E-state index is 13.2. The molecule has 2 aromatic carbocycles. The van der Waals surface area contributed by atoms with Gasteiger partial charge in [-0.1, -0.05) is 12.7 Å². The molecular weight excluding hydrogens is 382 g/mol. The highest BCUT2D eigenvalue weighted by Crippen LogP contribution is 2.28. The lowest BCUT2D eigenvalue weighted by molar-refractivity contribution is -0.138. The lowest BCUT2D eigenvalue weighted by Gasteiger charge is -2.24. The molecule has 0 saturated carbocycles.